The van der Waals surface area contributed by atoms with E-state index < -0.39 is 18.3 Å². The average molecular weight is 429 g/mol. The van der Waals surface area contributed by atoms with Crippen molar-refractivity contribution in [2.75, 3.05) is 7.05 Å². The van der Waals surface area contributed by atoms with E-state index in [-0.39, 0.29) is 17.9 Å². The summed E-state index contributed by atoms with van der Waals surface area (Å²) in [6.07, 6.45) is -1.83. The van der Waals surface area contributed by atoms with Crippen molar-refractivity contribution >= 4 is 6.72 Å². The van der Waals surface area contributed by atoms with Crippen LogP contribution >= 0.6 is 0 Å². The molecular formula is C21H27F4N3O2. The van der Waals surface area contributed by atoms with Crippen LogP contribution in [0.5, 0.6) is 5.75 Å². The molecule has 5 nitrogen and oxygen atoms in total. The van der Waals surface area contributed by atoms with Gasteiger partial charge in [0.1, 0.15) is 17.7 Å². The first kappa shape index (κ1) is 27.1. The van der Waals surface area contributed by atoms with E-state index in [1.807, 2.05) is 13.8 Å². The van der Waals surface area contributed by atoms with Gasteiger partial charge in [-0.1, -0.05) is 32.6 Å². The fourth-order valence-corrected chi connectivity index (χ4v) is 2.34. The number of hydrogen-bond donors (Lipinski definition) is 2. The molecule has 1 heterocycles. The lowest BCUT2D eigenvalue weighted by Gasteiger charge is -2.11. The zero-order valence-electron chi connectivity index (χ0n) is 17.2. The minimum atomic E-state index is -4.76. The first-order chi connectivity index (χ1) is 14.2. The zero-order chi connectivity index (χ0) is 23.3. The van der Waals surface area contributed by atoms with Gasteiger partial charge in [-0.25, -0.2) is 4.39 Å². The second-order valence-corrected chi connectivity index (χ2v) is 5.39. The summed E-state index contributed by atoms with van der Waals surface area (Å²) in [5.74, 6) is -1.16. The van der Waals surface area contributed by atoms with E-state index in [0.29, 0.717) is 11.1 Å². The van der Waals surface area contributed by atoms with Gasteiger partial charge in [0.25, 0.3) is 0 Å². The van der Waals surface area contributed by atoms with E-state index in [1.165, 1.54) is 25.2 Å². The first-order valence-electron chi connectivity index (χ1n) is 8.96. The molecule has 0 radical (unpaired) electrons. The van der Waals surface area contributed by atoms with Crippen LogP contribution in [-0.4, -0.2) is 29.8 Å². The second kappa shape index (κ2) is 13.3. The van der Waals surface area contributed by atoms with E-state index in [4.69, 9.17) is 0 Å². The molecule has 166 valence electrons. The summed E-state index contributed by atoms with van der Waals surface area (Å²) in [6, 6.07) is 7.10. The standard InChI is InChI=1S/C18H16F4N2O2.C2H6.CH5N/c1-12(19)16(9-23-2)17(25)14-6-7-24(11-14)10-13-4-3-5-15(8-13)26-18(20,21)22;2*1-2/h3-9,11,17,25H,1-2,10H2;1-2H3;2H2,1H3/b16-9+;;. The van der Waals surface area contributed by atoms with E-state index in [0.717, 1.165) is 6.20 Å². The zero-order valence-corrected chi connectivity index (χ0v) is 17.2. The molecule has 0 aliphatic carbocycles. The van der Waals surface area contributed by atoms with E-state index in [2.05, 4.69) is 28.8 Å². The van der Waals surface area contributed by atoms with Gasteiger partial charge in [-0.15, -0.1) is 13.2 Å². The van der Waals surface area contributed by atoms with Crippen LogP contribution in [0.3, 0.4) is 0 Å². The molecule has 1 unspecified atom stereocenters. The third-order valence-corrected chi connectivity index (χ3v) is 3.42. The number of rotatable bonds is 7. The molecule has 2 rings (SSSR count). The van der Waals surface area contributed by atoms with Gasteiger partial charge >= 0.3 is 6.36 Å². The third-order valence-electron chi connectivity index (χ3n) is 3.42. The number of hydrogen-bond acceptors (Lipinski definition) is 4. The SMILES string of the molecule is C=N/C=C(\C(=C)F)C(O)c1ccn(Cc2cccc(OC(F)(F)F)c2)c1.CC.CN. The highest BCUT2D eigenvalue weighted by Crippen LogP contribution is 2.28. The van der Waals surface area contributed by atoms with Gasteiger partial charge in [-0.2, -0.15) is 0 Å². The number of ether oxygens (including phenoxy) is 1. The number of aliphatic hydroxyl groups excluding tert-OH is 1. The van der Waals surface area contributed by atoms with E-state index in [1.54, 1.807) is 29.1 Å². The monoisotopic (exact) mass is 429 g/mol. The van der Waals surface area contributed by atoms with Gasteiger partial charge in [0.2, 0.25) is 0 Å². The summed E-state index contributed by atoms with van der Waals surface area (Å²) < 4.78 is 55.8. The third kappa shape index (κ3) is 9.06. The largest absolute Gasteiger partial charge is 0.573 e. The van der Waals surface area contributed by atoms with E-state index in [9.17, 15) is 22.7 Å². The van der Waals surface area contributed by atoms with Crippen LogP contribution in [0, 0.1) is 0 Å². The molecule has 1 aromatic carbocycles. The van der Waals surface area contributed by atoms with Crippen LogP contribution in [0.25, 0.3) is 0 Å². The molecule has 0 bridgehead atoms. The fourth-order valence-electron chi connectivity index (χ4n) is 2.34. The fraction of sp³-hybridized carbons (Fsp3) is 0.286. The molecule has 0 aliphatic heterocycles. The van der Waals surface area contributed by atoms with Crippen LogP contribution in [0.2, 0.25) is 0 Å². The number of aliphatic hydroxyl groups is 1. The van der Waals surface area contributed by atoms with Crippen LogP contribution < -0.4 is 10.5 Å². The lowest BCUT2D eigenvalue weighted by atomic mass is 10.0. The Bertz CT molecular complexity index is 830. The number of benzene rings is 1. The number of alkyl halides is 3. The maximum atomic E-state index is 13.4. The van der Waals surface area contributed by atoms with Gasteiger partial charge in [0, 0.05) is 36.3 Å². The number of aromatic nitrogens is 1. The predicted molar refractivity (Wildman–Crippen MR) is 111 cm³/mol. The van der Waals surface area contributed by atoms with Crippen molar-refractivity contribution in [2.24, 2.45) is 10.7 Å². The summed E-state index contributed by atoms with van der Waals surface area (Å²) in [6.45, 7) is 10.6. The van der Waals surface area contributed by atoms with E-state index >= 15 is 0 Å². The molecule has 1 atom stereocenters. The number of aliphatic imine (C=N–C) groups is 1. The number of halogens is 4. The van der Waals surface area contributed by atoms with Gasteiger partial charge in [0.05, 0.1) is 0 Å². The van der Waals surface area contributed by atoms with Crippen LogP contribution in [-0.2, 0) is 6.54 Å². The van der Waals surface area contributed by atoms with Crippen LogP contribution in [0.1, 0.15) is 31.1 Å². The summed E-state index contributed by atoms with van der Waals surface area (Å²) in [5, 5.41) is 10.2. The van der Waals surface area contributed by atoms with Crippen molar-refractivity contribution in [3.05, 3.63) is 78.0 Å². The Balaban J connectivity index is 0.00000198. The Morgan fingerprint density at radius 3 is 2.47 bits per heavy atom. The molecule has 0 amide bonds. The highest BCUT2D eigenvalue weighted by atomic mass is 19.4. The summed E-state index contributed by atoms with van der Waals surface area (Å²) >= 11 is 0. The second-order valence-electron chi connectivity index (χ2n) is 5.39. The Morgan fingerprint density at radius 1 is 1.30 bits per heavy atom. The molecule has 0 saturated heterocycles. The molecule has 0 aliphatic rings. The van der Waals surface area contributed by atoms with Gasteiger partial charge in [0.15, 0.2) is 0 Å². The molecule has 3 N–H and O–H groups in total. The Morgan fingerprint density at radius 2 is 1.93 bits per heavy atom. The Labute approximate surface area is 173 Å². The van der Waals surface area contributed by atoms with Crippen molar-refractivity contribution in [2.45, 2.75) is 32.9 Å². The lowest BCUT2D eigenvalue weighted by molar-refractivity contribution is -0.274. The molecule has 0 fully saturated rings. The van der Waals surface area contributed by atoms with Crippen LogP contribution in [0.15, 0.2) is 71.9 Å². The molecule has 30 heavy (non-hydrogen) atoms. The van der Waals surface area contributed by atoms with Gasteiger partial charge in [-0.3, -0.25) is 4.99 Å². The Kier molecular flexibility index (Phi) is 12.0. The van der Waals surface area contributed by atoms with Crippen molar-refractivity contribution in [1.82, 2.24) is 4.57 Å². The molecule has 0 spiro atoms. The normalized spacial score (nSPS) is 12.0. The smallest absolute Gasteiger partial charge is 0.406 e. The highest BCUT2D eigenvalue weighted by Gasteiger charge is 2.31. The van der Waals surface area contributed by atoms with Crippen molar-refractivity contribution in [1.29, 1.82) is 0 Å². The minimum absolute atomic E-state index is 0.127. The van der Waals surface area contributed by atoms with Crippen molar-refractivity contribution in [3.8, 4) is 5.75 Å². The quantitative estimate of drug-likeness (QED) is 0.364. The lowest BCUT2D eigenvalue weighted by Crippen LogP contribution is -2.17. The molecule has 0 saturated carbocycles. The highest BCUT2D eigenvalue weighted by molar-refractivity contribution is 5.36. The number of nitrogens with zero attached hydrogens (tertiary/aromatic N) is 2. The molecular weight excluding hydrogens is 402 g/mol. The summed E-state index contributed by atoms with van der Waals surface area (Å²) in [4.78, 5) is 3.43. The predicted octanol–water partition coefficient (Wildman–Crippen LogP) is 5.14. The first-order valence-corrected chi connectivity index (χ1v) is 8.96. The maximum absolute atomic E-state index is 13.4. The number of nitrogens with two attached hydrogens (primary N) is 1. The average Bonchev–Trinajstić information content (AvgIpc) is 3.16. The maximum Gasteiger partial charge on any atom is 0.573 e. The van der Waals surface area contributed by atoms with Crippen LogP contribution in [0.4, 0.5) is 17.6 Å². The van der Waals surface area contributed by atoms with Gasteiger partial charge < -0.3 is 20.1 Å². The summed E-state index contributed by atoms with van der Waals surface area (Å²) in [7, 11) is 1.50. The molecule has 2 aromatic rings. The van der Waals surface area contributed by atoms with Crippen molar-refractivity contribution < 1.29 is 27.4 Å². The minimum Gasteiger partial charge on any atom is -0.406 e. The topological polar surface area (TPSA) is 72.8 Å². The summed E-state index contributed by atoms with van der Waals surface area (Å²) in [5.41, 5.74) is 5.31. The Hall–Kier alpha value is -2.91. The molecule has 9 heteroatoms. The van der Waals surface area contributed by atoms with Crippen molar-refractivity contribution in [3.63, 3.8) is 0 Å². The van der Waals surface area contributed by atoms with Gasteiger partial charge in [-0.05, 0) is 37.5 Å². The molecule has 1 aromatic heterocycles.